The maximum atomic E-state index is 11.7. The van der Waals surface area contributed by atoms with E-state index in [0.717, 1.165) is 30.6 Å². The number of rotatable bonds is 8. The van der Waals surface area contributed by atoms with E-state index >= 15 is 0 Å². The predicted molar refractivity (Wildman–Crippen MR) is 72.8 cm³/mol. The van der Waals surface area contributed by atoms with Crippen LogP contribution in [0.3, 0.4) is 0 Å². The zero-order valence-electron chi connectivity index (χ0n) is 10.4. The third-order valence-electron chi connectivity index (χ3n) is 2.60. The Morgan fingerprint density at radius 1 is 1.12 bits per heavy atom. The first-order valence-corrected chi connectivity index (χ1v) is 7.66. The van der Waals surface area contributed by atoms with Crippen molar-refractivity contribution in [3.63, 3.8) is 0 Å². The molecule has 0 saturated heterocycles. The van der Waals surface area contributed by atoms with Crippen molar-refractivity contribution in [3.8, 4) is 0 Å². The molecule has 0 aliphatic heterocycles. The Bertz CT molecular complexity index is 360. The summed E-state index contributed by atoms with van der Waals surface area (Å²) in [5.74, 6) is 1.58. The van der Waals surface area contributed by atoms with Crippen LogP contribution in [0, 0.1) is 0 Å². The summed E-state index contributed by atoms with van der Waals surface area (Å²) < 4.78 is 11.5. The van der Waals surface area contributed by atoms with E-state index in [1.54, 1.807) is 0 Å². The number of hydrogen-bond acceptors (Lipinski definition) is 2. The molecule has 0 fully saturated rings. The van der Waals surface area contributed by atoms with Gasteiger partial charge < -0.3 is 0 Å². The van der Waals surface area contributed by atoms with Gasteiger partial charge >= 0.3 is 0 Å². The molecule has 1 rings (SSSR count). The molecule has 3 heteroatoms. The summed E-state index contributed by atoms with van der Waals surface area (Å²) in [6.07, 6.45) is 3.32. The maximum Gasteiger partial charge on any atom is 0.162 e. The molecule has 0 aliphatic carbocycles. The summed E-state index contributed by atoms with van der Waals surface area (Å²) in [6, 6.07) is 9.29. The Hall–Kier alpha value is -0.960. The molecular weight excluding hydrogens is 232 g/mol. The number of carbonyl (C=O) groups excluding carboxylic acids is 1. The van der Waals surface area contributed by atoms with E-state index < -0.39 is 10.8 Å². The van der Waals surface area contributed by atoms with Crippen molar-refractivity contribution in [2.45, 2.75) is 32.6 Å². The van der Waals surface area contributed by atoms with Crippen molar-refractivity contribution in [1.29, 1.82) is 0 Å². The standard InChI is InChI=1S/C14H20O2S/c1-2-3-11-17(16)12-7-10-14(15)13-8-5-4-6-9-13/h4-6,8-9H,2-3,7,10-12H2,1H3. The van der Waals surface area contributed by atoms with Crippen LogP contribution in [0.4, 0.5) is 0 Å². The number of ketones is 1. The number of hydrogen-bond donors (Lipinski definition) is 0. The van der Waals surface area contributed by atoms with Gasteiger partial charge in [-0.15, -0.1) is 0 Å². The molecule has 0 amide bonds. The van der Waals surface area contributed by atoms with Crippen LogP contribution in [0.25, 0.3) is 0 Å². The molecule has 0 saturated carbocycles. The lowest BCUT2D eigenvalue weighted by molar-refractivity contribution is 0.0982. The van der Waals surface area contributed by atoms with Gasteiger partial charge in [-0.25, -0.2) is 0 Å². The molecule has 0 aromatic heterocycles. The topological polar surface area (TPSA) is 34.1 Å². The Balaban J connectivity index is 2.23. The molecule has 0 spiro atoms. The second kappa shape index (κ2) is 8.18. The Morgan fingerprint density at radius 3 is 2.41 bits per heavy atom. The highest BCUT2D eigenvalue weighted by atomic mass is 32.2. The van der Waals surface area contributed by atoms with Gasteiger partial charge in [-0.3, -0.25) is 9.00 Å². The zero-order valence-corrected chi connectivity index (χ0v) is 11.2. The highest BCUT2D eigenvalue weighted by molar-refractivity contribution is 7.84. The van der Waals surface area contributed by atoms with E-state index in [4.69, 9.17) is 0 Å². The van der Waals surface area contributed by atoms with Gasteiger partial charge in [0, 0.05) is 34.3 Å². The van der Waals surface area contributed by atoms with Gasteiger partial charge in [0.25, 0.3) is 0 Å². The molecule has 0 heterocycles. The molecule has 1 aromatic rings. The number of unbranched alkanes of at least 4 members (excludes halogenated alkanes) is 1. The van der Waals surface area contributed by atoms with Gasteiger partial charge in [0.15, 0.2) is 5.78 Å². The fourth-order valence-corrected chi connectivity index (χ4v) is 2.85. The molecule has 1 atom stereocenters. The van der Waals surface area contributed by atoms with E-state index in [1.165, 1.54) is 0 Å². The minimum atomic E-state index is -0.745. The van der Waals surface area contributed by atoms with Crippen molar-refractivity contribution in [2.75, 3.05) is 11.5 Å². The molecule has 2 nitrogen and oxygen atoms in total. The molecule has 0 aliphatic rings. The van der Waals surface area contributed by atoms with E-state index in [9.17, 15) is 9.00 Å². The van der Waals surface area contributed by atoms with Gasteiger partial charge in [-0.1, -0.05) is 43.7 Å². The summed E-state index contributed by atoms with van der Waals surface area (Å²) in [5.41, 5.74) is 0.756. The molecule has 17 heavy (non-hydrogen) atoms. The van der Waals surface area contributed by atoms with Gasteiger partial charge in [-0.2, -0.15) is 0 Å². The average Bonchev–Trinajstić information content (AvgIpc) is 2.37. The van der Waals surface area contributed by atoms with Crippen molar-refractivity contribution in [3.05, 3.63) is 35.9 Å². The molecule has 1 unspecified atom stereocenters. The molecule has 0 bridgehead atoms. The molecule has 0 N–H and O–H groups in total. The van der Waals surface area contributed by atoms with Crippen LogP contribution in [0.5, 0.6) is 0 Å². The first-order chi connectivity index (χ1) is 8.24. The minimum absolute atomic E-state index is 0.151. The maximum absolute atomic E-state index is 11.7. The lowest BCUT2D eigenvalue weighted by Crippen LogP contribution is -2.06. The van der Waals surface area contributed by atoms with Gasteiger partial charge in [0.2, 0.25) is 0 Å². The lowest BCUT2D eigenvalue weighted by atomic mass is 10.1. The first-order valence-electron chi connectivity index (χ1n) is 6.17. The summed E-state index contributed by atoms with van der Waals surface area (Å²) >= 11 is 0. The highest BCUT2D eigenvalue weighted by Gasteiger charge is 2.06. The van der Waals surface area contributed by atoms with Crippen LogP contribution >= 0.6 is 0 Å². The van der Waals surface area contributed by atoms with Gasteiger partial charge in [0.05, 0.1) is 0 Å². The largest absolute Gasteiger partial charge is 0.294 e. The first kappa shape index (κ1) is 14.1. The number of Topliss-reactive ketones (excluding diaryl/α,β-unsaturated/α-hetero) is 1. The van der Waals surface area contributed by atoms with Crippen LogP contribution < -0.4 is 0 Å². The van der Waals surface area contributed by atoms with Crippen LogP contribution in [0.2, 0.25) is 0 Å². The van der Waals surface area contributed by atoms with Gasteiger partial charge in [0.1, 0.15) is 0 Å². The van der Waals surface area contributed by atoms with Crippen LogP contribution in [0.1, 0.15) is 43.0 Å². The summed E-state index contributed by atoms with van der Waals surface area (Å²) in [4.78, 5) is 11.7. The summed E-state index contributed by atoms with van der Waals surface area (Å²) in [6.45, 7) is 2.09. The van der Waals surface area contributed by atoms with Crippen molar-refractivity contribution < 1.29 is 9.00 Å². The fraction of sp³-hybridized carbons (Fsp3) is 0.500. The molecular formula is C14H20O2S. The Kier molecular flexibility index (Phi) is 6.78. The monoisotopic (exact) mass is 252 g/mol. The molecule has 1 aromatic carbocycles. The predicted octanol–water partition coefficient (Wildman–Crippen LogP) is 3.20. The SMILES string of the molecule is CCCCS(=O)CCCC(=O)c1ccccc1. The number of benzene rings is 1. The van der Waals surface area contributed by atoms with E-state index in [1.807, 2.05) is 30.3 Å². The summed E-state index contributed by atoms with van der Waals surface area (Å²) in [7, 11) is -0.745. The van der Waals surface area contributed by atoms with Gasteiger partial charge in [-0.05, 0) is 12.8 Å². The lowest BCUT2D eigenvalue weighted by Gasteiger charge is -2.02. The third kappa shape index (κ3) is 5.78. The Labute approximate surface area is 106 Å². The quantitative estimate of drug-likeness (QED) is 0.666. The zero-order chi connectivity index (χ0) is 12.5. The third-order valence-corrected chi connectivity index (χ3v) is 4.09. The summed E-state index contributed by atoms with van der Waals surface area (Å²) in [5, 5.41) is 0. The van der Waals surface area contributed by atoms with Crippen LogP contribution in [0.15, 0.2) is 30.3 Å². The molecule has 94 valence electrons. The van der Waals surface area contributed by atoms with Crippen molar-refractivity contribution in [1.82, 2.24) is 0 Å². The van der Waals surface area contributed by atoms with Crippen molar-refractivity contribution >= 4 is 16.6 Å². The van der Waals surface area contributed by atoms with E-state index in [0.29, 0.717) is 12.2 Å². The Morgan fingerprint density at radius 2 is 1.76 bits per heavy atom. The van der Waals surface area contributed by atoms with E-state index in [2.05, 4.69) is 6.92 Å². The smallest absolute Gasteiger partial charge is 0.162 e. The van der Waals surface area contributed by atoms with Crippen LogP contribution in [-0.4, -0.2) is 21.5 Å². The van der Waals surface area contributed by atoms with E-state index in [-0.39, 0.29) is 5.78 Å². The minimum Gasteiger partial charge on any atom is -0.294 e. The molecule has 0 radical (unpaired) electrons. The number of carbonyl (C=O) groups is 1. The van der Waals surface area contributed by atoms with Crippen LogP contribution in [-0.2, 0) is 10.8 Å². The van der Waals surface area contributed by atoms with Crippen molar-refractivity contribution in [2.24, 2.45) is 0 Å². The highest BCUT2D eigenvalue weighted by Crippen LogP contribution is 2.06. The second-order valence-electron chi connectivity index (χ2n) is 4.09. The average molecular weight is 252 g/mol. The second-order valence-corrected chi connectivity index (χ2v) is 5.79. The fourth-order valence-electron chi connectivity index (χ4n) is 1.57. The normalized spacial score (nSPS) is 12.3.